The number of pyridine rings is 1. The summed E-state index contributed by atoms with van der Waals surface area (Å²) in [4.78, 5) is 40.4. The topological polar surface area (TPSA) is 125 Å². The number of ether oxygens (including phenoxy) is 1. The number of anilines is 1. The first-order chi connectivity index (χ1) is 22.5. The number of para-hydroxylation sites is 1. The third-order valence-corrected chi connectivity index (χ3v) is 9.48. The highest BCUT2D eigenvalue weighted by atomic mass is 35.5. The molecule has 5 heterocycles. The fourth-order valence-corrected chi connectivity index (χ4v) is 6.55. The molecule has 0 bridgehead atoms. The molecule has 6 rings (SSSR count). The highest BCUT2D eigenvalue weighted by Gasteiger charge is 2.41. The molecule has 1 aromatic carbocycles. The maximum absolute atomic E-state index is 15.5. The summed E-state index contributed by atoms with van der Waals surface area (Å²) in [6.45, 7) is 6.17. The molecule has 0 spiro atoms. The molecule has 0 radical (unpaired) electrons. The fraction of sp³-hybridized carbons (Fsp3) is 0.471. The molecule has 2 aliphatic heterocycles. The Hall–Kier alpha value is -4.21. The number of piperidine rings is 1. The van der Waals surface area contributed by atoms with Gasteiger partial charge in [-0.1, -0.05) is 44.0 Å². The van der Waals surface area contributed by atoms with Crippen molar-refractivity contribution in [3.63, 3.8) is 0 Å². The van der Waals surface area contributed by atoms with E-state index in [-0.39, 0.29) is 37.0 Å². The average Bonchev–Trinajstić information content (AvgIpc) is 3.72. The van der Waals surface area contributed by atoms with E-state index in [0.717, 1.165) is 25.9 Å². The van der Waals surface area contributed by atoms with Crippen LogP contribution >= 0.6 is 11.6 Å². The number of benzene rings is 1. The Labute approximate surface area is 276 Å². The lowest BCUT2D eigenvalue weighted by molar-refractivity contribution is -0.139. The number of terminal acetylenes is 1. The summed E-state index contributed by atoms with van der Waals surface area (Å²) in [6, 6.07) is 8.97. The van der Waals surface area contributed by atoms with E-state index in [1.54, 1.807) is 17.0 Å². The average molecular weight is 670 g/mol. The SMILES string of the molecule is C#CO.CC1CN(C(=O)COCCCC(F)(F)c2nc(N3CCCC3)c3oc4ccccc4c3n2)CCC1(C)c1cc(Cl)c[nH]c1=O. The van der Waals surface area contributed by atoms with Crippen LogP contribution in [0, 0.1) is 18.4 Å². The van der Waals surface area contributed by atoms with Crippen molar-refractivity contribution in [2.45, 2.75) is 57.3 Å². The zero-order chi connectivity index (χ0) is 33.8. The van der Waals surface area contributed by atoms with E-state index in [2.05, 4.69) is 21.4 Å². The van der Waals surface area contributed by atoms with Gasteiger partial charge < -0.3 is 29.0 Å². The normalized spacial score (nSPS) is 19.9. The maximum atomic E-state index is 15.5. The number of aromatic amines is 1. The standard InChI is InChI=1S/C32H36ClF2N5O4.C2H2O/c1-20-18-40(14-11-31(20,2)23-16-21(33)17-36-29(23)42)25(41)19-43-15-7-10-32(34,35)30-37-26-22-8-3-4-9-24(22)44-27(26)28(38-30)39-12-5-6-13-39;1-2-3/h3-4,8-9,16-17,20H,5-7,10-15,18-19H2,1-2H3,(H,36,42);1,3H. The first-order valence-electron chi connectivity index (χ1n) is 15.6. The summed E-state index contributed by atoms with van der Waals surface area (Å²) in [6.07, 6.45) is 8.89. The number of H-pyrrole nitrogens is 1. The number of carbonyl (C=O) groups is 1. The van der Waals surface area contributed by atoms with Gasteiger partial charge in [-0.2, -0.15) is 8.78 Å². The third-order valence-electron chi connectivity index (χ3n) is 9.26. The molecule has 4 aromatic rings. The van der Waals surface area contributed by atoms with Gasteiger partial charge >= 0.3 is 5.92 Å². The molecule has 2 unspecified atom stereocenters. The minimum Gasteiger partial charge on any atom is -0.462 e. The van der Waals surface area contributed by atoms with Crippen LogP contribution in [0.15, 0.2) is 45.7 Å². The van der Waals surface area contributed by atoms with Crippen LogP contribution in [-0.2, 0) is 20.9 Å². The Morgan fingerprint density at radius 2 is 2.00 bits per heavy atom. The first-order valence-corrected chi connectivity index (χ1v) is 16.0. The number of hydrogen-bond acceptors (Lipinski definition) is 8. The number of aliphatic hydroxyl groups excluding tert-OH is 1. The molecule has 13 heteroatoms. The number of nitrogens with zero attached hydrogens (tertiary/aromatic N) is 4. The number of halogens is 3. The Morgan fingerprint density at radius 1 is 1.28 bits per heavy atom. The van der Waals surface area contributed by atoms with Crippen LogP contribution in [-0.4, -0.2) is 70.3 Å². The van der Waals surface area contributed by atoms with Gasteiger partial charge in [0.05, 0.1) is 5.02 Å². The second kappa shape index (κ2) is 14.3. The second-order valence-corrected chi connectivity index (χ2v) is 12.7. The number of nitrogens with one attached hydrogen (secondary N) is 1. The van der Waals surface area contributed by atoms with Crippen LogP contribution in [0.2, 0.25) is 5.02 Å². The van der Waals surface area contributed by atoms with Crippen LogP contribution in [0.25, 0.3) is 22.1 Å². The predicted molar refractivity (Wildman–Crippen MR) is 175 cm³/mol. The number of rotatable bonds is 9. The van der Waals surface area contributed by atoms with Crippen molar-refractivity contribution in [3.8, 4) is 12.5 Å². The molecule has 2 atom stereocenters. The molecule has 250 valence electrons. The van der Waals surface area contributed by atoms with Gasteiger partial charge in [0.1, 0.15) is 23.8 Å². The highest BCUT2D eigenvalue weighted by Crippen LogP contribution is 2.40. The summed E-state index contributed by atoms with van der Waals surface area (Å²) in [5.74, 6) is -3.63. The molecule has 0 saturated carbocycles. The van der Waals surface area contributed by atoms with Crippen molar-refractivity contribution in [1.29, 1.82) is 0 Å². The summed E-state index contributed by atoms with van der Waals surface area (Å²) in [7, 11) is 0. The zero-order valence-electron chi connectivity index (χ0n) is 26.4. The van der Waals surface area contributed by atoms with Crippen LogP contribution in [0.3, 0.4) is 0 Å². The van der Waals surface area contributed by atoms with Gasteiger partial charge in [0.2, 0.25) is 11.7 Å². The number of carbonyl (C=O) groups excluding carboxylic acids is 1. The maximum Gasteiger partial charge on any atom is 0.306 e. The third kappa shape index (κ3) is 7.21. The van der Waals surface area contributed by atoms with E-state index in [9.17, 15) is 9.59 Å². The van der Waals surface area contributed by atoms with Crippen LogP contribution in [0.5, 0.6) is 0 Å². The lowest BCUT2D eigenvalue weighted by Crippen LogP contribution is -2.51. The largest absolute Gasteiger partial charge is 0.462 e. The van der Waals surface area contributed by atoms with Gasteiger partial charge in [-0.05, 0) is 49.8 Å². The lowest BCUT2D eigenvalue weighted by Gasteiger charge is -2.44. The van der Waals surface area contributed by atoms with Crippen molar-refractivity contribution in [3.05, 3.63) is 63.3 Å². The minimum absolute atomic E-state index is 0.00377. The van der Waals surface area contributed by atoms with Gasteiger partial charge in [0, 0.05) is 61.8 Å². The summed E-state index contributed by atoms with van der Waals surface area (Å²) in [5.41, 5.74) is 1.39. The predicted octanol–water partition coefficient (Wildman–Crippen LogP) is 5.98. The molecule has 2 fully saturated rings. The van der Waals surface area contributed by atoms with E-state index in [1.807, 2.05) is 36.9 Å². The molecular weight excluding hydrogens is 632 g/mol. The number of hydrogen-bond donors (Lipinski definition) is 2. The molecule has 10 nitrogen and oxygen atoms in total. The number of amides is 1. The van der Waals surface area contributed by atoms with Crippen molar-refractivity contribution >= 4 is 45.4 Å². The molecular formula is C34H38ClF2N5O5. The van der Waals surface area contributed by atoms with Crippen molar-refractivity contribution < 1.29 is 27.8 Å². The van der Waals surface area contributed by atoms with Gasteiger partial charge in [0.25, 0.3) is 5.56 Å². The van der Waals surface area contributed by atoms with Crippen LogP contribution < -0.4 is 10.5 Å². The van der Waals surface area contributed by atoms with Gasteiger partial charge in [-0.25, -0.2) is 9.97 Å². The number of fused-ring (bicyclic) bond motifs is 3. The molecule has 3 aromatic heterocycles. The number of alkyl halides is 2. The van der Waals surface area contributed by atoms with E-state index >= 15 is 8.78 Å². The van der Waals surface area contributed by atoms with E-state index in [4.69, 9.17) is 25.9 Å². The summed E-state index contributed by atoms with van der Waals surface area (Å²) in [5, 5.41) is 8.23. The van der Waals surface area contributed by atoms with E-state index < -0.39 is 23.6 Å². The number of likely N-dealkylation sites (tertiary alicyclic amines) is 1. The molecule has 1 amide bonds. The van der Waals surface area contributed by atoms with Crippen molar-refractivity contribution in [2.75, 3.05) is 44.3 Å². The van der Waals surface area contributed by atoms with Gasteiger partial charge in [-0.3, -0.25) is 9.59 Å². The highest BCUT2D eigenvalue weighted by molar-refractivity contribution is 6.30. The monoisotopic (exact) mass is 669 g/mol. The molecule has 2 saturated heterocycles. The van der Waals surface area contributed by atoms with Crippen LogP contribution in [0.4, 0.5) is 14.6 Å². The Bertz CT molecular complexity index is 1830. The molecule has 0 aliphatic carbocycles. The molecule has 2 aliphatic rings. The van der Waals surface area contributed by atoms with Gasteiger partial charge in [0.15, 0.2) is 11.4 Å². The fourth-order valence-electron chi connectivity index (χ4n) is 6.39. The molecule has 2 N–H and O–H groups in total. The number of aliphatic hydroxyl groups is 1. The Morgan fingerprint density at radius 3 is 2.72 bits per heavy atom. The van der Waals surface area contributed by atoms with E-state index in [0.29, 0.717) is 58.0 Å². The zero-order valence-corrected chi connectivity index (χ0v) is 27.2. The Kier molecular flexibility index (Phi) is 10.4. The number of furan rings is 1. The lowest BCUT2D eigenvalue weighted by atomic mass is 9.68. The second-order valence-electron chi connectivity index (χ2n) is 12.3. The Balaban J connectivity index is 0.00000139. The quantitative estimate of drug-likeness (QED) is 0.165. The van der Waals surface area contributed by atoms with Crippen LogP contribution in [0.1, 0.15) is 57.3 Å². The minimum atomic E-state index is -3.29. The van der Waals surface area contributed by atoms with Gasteiger partial charge in [-0.15, -0.1) is 0 Å². The van der Waals surface area contributed by atoms with E-state index in [1.165, 1.54) is 12.3 Å². The smallest absolute Gasteiger partial charge is 0.306 e. The summed E-state index contributed by atoms with van der Waals surface area (Å²) >= 11 is 6.13. The molecule has 47 heavy (non-hydrogen) atoms. The van der Waals surface area contributed by atoms with Crippen molar-refractivity contribution in [1.82, 2.24) is 19.9 Å². The number of aromatic nitrogens is 3. The van der Waals surface area contributed by atoms with Crippen molar-refractivity contribution in [2.24, 2.45) is 5.92 Å². The first kappa shape index (κ1) is 34.1. The summed E-state index contributed by atoms with van der Waals surface area (Å²) < 4.78 is 42.6.